The van der Waals surface area contributed by atoms with Crippen LogP contribution in [0, 0.1) is 18.3 Å². The van der Waals surface area contributed by atoms with Crippen molar-refractivity contribution >= 4 is 17.4 Å². The second kappa shape index (κ2) is 8.14. The number of nitrogens with zero attached hydrogens (tertiary/aromatic N) is 2. The Morgan fingerprint density at radius 3 is 2.68 bits per heavy atom. The first-order chi connectivity index (χ1) is 11.9. The fraction of sp³-hybridized carbons (Fsp3) is 0.222. The number of esters is 1. The molecule has 0 unspecified atom stereocenters. The number of carbonyl (C=O) groups is 1. The highest BCUT2D eigenvalue weighted by Crippen LogP contribution is 2.17. The van der Waals surface area contributed by atoms with Gasteiger partial charge in [-0.25, -0.2) is 9.78 Å². The van der Waals surface area contributed by atoms with Crippen molar-refractivity contribution < 1.29 is 18.8 Å². The first-order valence-electron chi connectivity index (χ1n) is 7.49. The van der Waals surface area contributed by atoms with Crippen molar-refractivity contribution in [3.05, 3.63) is 64.7 Å². The number of methoxy groups -OCH3 is 1. The minimum atomic E-state index is -0.726. The third-order valence-corrected chi connectivity index (χ3v) is 3.57. The number of pyridine rings is 1. The van der Waals surface area contributed by atoms with Crippen LogP contribution in [0.4, 0.5) is 4.39 Å². The third-order valence-electron chi connectivity index (χ3n) is 3.57. The minimum Gasteiger partial charge on any atom is -0.464 e. The van der Waals surface area contributed by atoms with E-state index in [9.17, 15) is 9.18 Å². The summed E-state index contributed by atoms with van der Waals surface area (Å²) in [6.07, 6.45) is 0. The topological polar surface area (TPSA) is 84.6 Å². The lowest BCUT2D eigenvalue weighted by molar-refractivity contribution is -0.132. The Hall–Kier alpha value is -3.09. The number of rotatable bonds is 6. The third kappa shape index (κ3) is 4.47. The van der Waals surface area contributed by atoms with Crippen molar-refractivity contribution in [1.29, 1.82) is 5.41 Å². The molecule has 1 heterocycles. The molecule has 0 saturated carbocycles. The predicted octanol–water partition coefficient (Wildman–Crippen LogP) is 3.01. The van der Waals surface area contributed by atoms with Gasteiger partial charge in [-0.3, -0.25) is 5.41 Å². The number of hydrogen-bond donors (Lipinski definition) is 1. The van der Waals surface area contributed by atoms with Crippen molar-refractivity contribution in [2.75, 3.05) is 7.11 Å². The van der Waals surface area contributed by atoms with E-state index in [1.165, 1.54) is 19.2 Å². The zero-order valence-corrected chi connectivity index (χ0v) is 14.2. The second-order valence-electron chi connectivity index (χ2n) is 5.26. The first-order valence-corrected chi connectivity index (χ1v) is 7.49. The molecule has 1 aromatic heterocycles. The van der Waals surface area contributed by atoms with Gasteiger partial charge in [0.05, 0.1) is 12.8 Å². The zero-order chi connectivity index (χ0) is 18.4. The van der Waals surface area contributed by atoms with Crippen molar-refractivity contribution in [2.45, 2.75) is 20.5 Å². The van der Waals surface area contributed by atoms with Gasteiger partial charge in [0, 0.05) is 11.1 Å². The van der Waals surface area contributed by atoms with Crippen LogP contribution in [0.3, 0.4) is 0 Å². The number of aryl methyl sites for hydroxylation is 1. The van der Waals surface area contributed by atoms with Gasteiger partial charge in [-0.1, -0.05) is 29.4 Å². The molecule has 0 fully saturated rings. The molecule has 0 bridgehead atoms. The molecule has 1 N–H and O–H groups in total. The number of halogens is 1. The molecule has 2 aromatic rings. The molecular formula is C18H18FN3O3. The lowest BCUT2D eigenvalue weighted by Crippen LogP contribution is -2.18. The molecule has 0 amide bonds. The Balaban J connectivity index is 2.19. The first kappa shape index (κ1) is 18.3. The average molecular weight is 343 g/mol. The summed E-state index contributed by atoms with van der Waals surface area (Å²) in [5.41, 5.74) is 2.45. The van der Waals surface area contributed by atoms with Crippen molar-refractivity contribution in [3.63, 3.8) is 0 Å². The SMILES string of the molecule is COC(=O)C(=N)c1cccc(C)c1CO/N=C(\C)c1cccc(F)n1. The van der Waals surface area contributed by atoms with E-state index in [0.29, 0.717) is 22.5 Å². The maximum atomic E-state index is 13.1. The number of carbonyl (C=O) groups excluding carboxylic acids is 1. The highest BCUT2D eigenvalue weighted by atomic mass is 19.1. The van der Waals surface area contributed by atoms with Gasteiger partial charge >= 0.3 is 5.97 Å². The quantitative estimate of drug-likeness (QED) is 0.378. The standard InChI is InChI=1S/C18H18FN3O3/c1-11-6-4-7-13(17(20)18(23)24-3)14(11)10-25-22-12(2)15-8-5-9-16(19)21-15/h4-9,20H,10H2,1-3H3/b20-17?,22-12+. The van der Waals surface area contributed by atoms with Crippen molar-refractivity contribution in [3.8, 4) is 0 Å². The van der Waals surface area contributed by atoms with Gasteiger partial charge in [-0.05, 0) is 31.5 Å². The number of benzene rings is 1. The van der Waals surface area contributed by atoms with Crippen LogP contribution in [-0.2, 0) is 21.0 Å². The highest BCUT2D eigenvalue weighted by Gasteiger charge is 2.17. The summed E-state index contributed by atoms with van der Waals surface area (Å²) in [7, 11) is 1.22. The van der Waals surface area contributed by atoms with Gasteiger partial charge in [-0.15, -0.1) is 0 Å². The van der Waals surface area contributed by atoms with Gasteiger partial charge < -0.3 is 9.57 Å². The molecule has 2 rings (SSSR count). The molecule has 25 heavy (non-hydrogen) atoms. The Labute approximate surface area is 144 Å². The van der Waals surface area contributed by atoms with Gasteiger partial charge in [0.25, 0.3) is 0 Å². The van der Waals surface area contributed by atoms with E-state index in [1.807, 2.05) is 13.0 Å². The van der Waals surface area contributed by atoms with E-state index in [0.717, 1.165) is 5.56 Å². The van der Waals surface area contributed by atoms with E-state index >= 15 is 0 Å². The van der Waals surface area contributed by atoms with Crippen LogP contribution in [-0.4, -0.2) is 29.5 Å². The van der Waals surface area contributed by atoms with Gasteiger partial charge in [0.15, 0.2) is 0 Å². The predicted molar refractivity (Wildman–Crippen MR) is 91.2 cm³/mol. The van der Waals surface area contributed by atoms with Gasteiger partial charge in [0.1, 0.15) is 18.0 Å². The number of ether oxygens (including phenoxy) is 1. The molecule has 0 aliphatic carbocycles. The molecule has 130 valence electrons. The number of oxime groups is 1. The van der Waals surface area contributed by atoms with Crippen LogP contribution in [0.25, 0.3) is 0 Å². The maximum absolute atomic E-state index is 13.1. The Kier molecular flexibility index (Phi) is 5.94. The summed E-state index contributed by atoms with van der Waals surface area (Å²) in [6, 6.07) is 9.64. The Morgan fingerprint density at radius 2 is 2.00 bits per heavy atom. The average Bonchev–Trinajstić information content (AvgIpc) is 2.61. The molecule has 6 nitrogen and oxygen atoms in total. The molecule has 0 atom stereocenters. The molecule has 0 aliphatic heterocycles. The maximum Gasteiger partial charge on any atom is 0.356 e. The molecule has 0 aliphatic rings. The summed E-state index contributed by atoms with van der Waals surface area (Å²) in [5.74, 6) is -1.32. The number of aromatic nitrogens is 1. The largest absolute Gasteiger partial charge is 0.464 e. The fourth-order valence-electron chi connectivity index (χ4n) is 2.19. The normalized spacial score (nSPS) is 11.1. The van der Waals surface area contributed by atoms with Gasteiger partial charge in [0.2, 0.25) is 5.95 Å². The van der Waals surface area contributed by atoms with Crippen molar-refractivity contribution in [1.82, 2.24) is 4.98 Å². The number of nitrogens with one attached hydrogen (secondary N) is 1. The van der Waals surface area contributed by atoms with E-state index < -0.39 is 11.9 Å². The van der Waals surface area contributed by atoms with Gasteiger partial charge in [-0.2, -0.15) is 4.39 Å². The fourth-order valence-corrected chi connectivity index (χ4v) is 2.19. The van der Waals surface area contributed by atoms with Crippen molar-refractivity contribution in [2.24, 2.45) is 5.16 Å². The molecule has 0 radical (unpaired) electrons. The second-order valence-corrected chi connectivity index (χ2v) is 5.26. The van der Waals surface area contributed by atoms with E-state index in [2.05, 4.69) is 14.9 Å². The summed E-state index contributed by atoms with van der Waals surface area (Å²) < 4.78 is 17.7. The summed E-state index contributed by atoms with van der Waals surface area (Å²) in [5, 5.41) is 11.9. The lowest BCUT2D eigenvalue weighted by Gasteiger charge is -2.12. The summed E-state index contributed by atoms with van der Waals surface area (Å²) >= 11 is 0. The van der Waals surface area contributed by atoms with E-state index in [4.69, 9.17) is 10.2 Å². The molecule has 0 spiro atoms. The van der Waals surface area contributed by atoms with Crippen LogP contribution in [0.15, 0.2) is 41.6 Å². The van der Waals surface area contributed by atoms with Crippen LogP contribution < -0.4 is 0 Å². The molecule has 7 heteroatoms. The lowest BCUT2D eigenvalue weighted by atomic mass is 9.99. The molecule has 0 saturated heterocycles. The Bertz CT molecular complexity index is 834. The van der Waals surface area contributed by atoms with Crippen LogP contribution >= 0.6 is 0 Å². The van der Waals surface area contributed by atoms with Crippen LogP contribution in [0.5, 0.6) is 0 Å². The highest BCUT2D eigenvalue weighted by molar-refractivity contribution is 6.42. The molecular weight excluding hydrogens is 325 g/mol. The summed E-state index contributed by atoms with van der Waals surface area (Å²) in [4.78, 5) is 20.7. The Morgan fingerprint density at radius 1 is 1.28 bits per heavy atom. The van der Waals surface area contributed by atoms with E-state index in [1.54, 1.807) is 25.1 Å². The molecule has 1 aromatic carbocycles. The zero-order valence-electron chi connectivity index (χ0n) is 14.2. The van der Waals surface area contributed by atoms with Crippen LogP contribution in [0.2, 0.25) is 0 Å². The smallest absolute Gasteiger partial charge is 0.356 e. The summed E-state index contributed by atoms with van der Waals surface area (Å²) in [6.45, 7) is 3.54. The van der Waals surface area contributed by atoms with Crippen LogP contribution in [0.1, 0.15) is 29.3 Å². The van der Waals surface area contributed by atoms with E-state index in [-0.39, 0.29) is 12.3 Å². The number of hydrogen-bond acceptors (Lipinski definition) is 6. The monoisotopic (exact) mass is 343 g/mol. The minimum absolute atomic E-state index is 0.0496.